The number of benzene rings is 1. The molecule has 2 aromatic rings. The highest BCUT2D eigenvalue weighted by atomic mass is 79.9. The predicted molar refractivity (Wildman–Crippen MR) is 87.6 cm³/mol. The summed E-state index contributed by atoms with van der Waals surface area (Å²) in [5.74, 6) is -0.175. The van der Waals surface area contributed by atoms with Crippen LogP contribution in [0, 0.1) is 0 Å². The van der Waals surface area contributed by atoms with Crippen molar-refractivity contribution in [1.29, 1.82) is 0 Å². The van der Waals surface area contributed by atoms with Crippen molar-refractivity contribution < 1.29 is 9.59 Å². The van der Waals surface area contributed by atoms with Crippen LogP contribution in [0.25, 0.3) is 0 Å². The van der Waals surface area contributed by atoms with Gasteiger partial charge in [-0.3, -0.25) is 9.59 Å². The number of carbonyl (C=O) groups is 2. The number of nitrogens with one attached hydrogen (secondary N) is 1. The smallest absolute Gasteiger partial charge is 0.253 e. The molecule has 0 atom stereocenters. The molecule has 0 aliphatic heterocycles. The fourth-order valence-corrected chi connectivity index (χ4v) is 2.92. The molecule has 0 saturated carbocycles. The fourth-order valence-electron chi connectivity index (χ4n) is 1.79. The monoisotopic (exact) mass is 366 g/mol. The van der Waals surface area contributed by atoms with Crippen LogP contribution in [0.15, 0.2) is 39.5 Å². The van der Waals surface area contributed by atoms with Gasteiger partial charge in [-0.25, -0.2) is 0 Å². The second-order valence-electron chi connectivity index (χ2n) is 4.72. The minimum absolute atomic E-state index is 0.0510. The van der Waals surface area contributed by atoms with Crippen LogP contribution in [0.2, 0.25) is 0 Å². The first kappa shape index (κ1) is 15.7. The number of hydrogen-bond donors (Lipinski definition) is 1. The van der Waals surface area contributed by atoms with E-state index in [9.17, 15) is 9.59 Å². The van der Waals surface area contributed by atoms with Gasteiger partial charge in [0.1, 0.15) is 0 Å². The van der Waals surface area contributed by atoms with Crippen molar-refractivity contribution in [3.05, 3.63) is 56.2 Å². The maximum Gasteiger partial charge on any atom is 0.253 e. The Morgan fingerprint density at radius 1 is 1.24 bits per heavy atom. The average Bonchev–Trinajstić information content (AvgIpc) is 2.91. The highest BCUT2D eigenvalue weighted by Gasteiger charge is 2.10. The number of thiophene rings is 1. The Hall–Kier alpha value is -1.66. The molecule has 2 rings (SSSR count). The molecule has 1 aromatic carbocycles. The van der Waals surface area contributed by atoms with E-state index in [-0.39, 0.29) is 11.8 Å². The van der Waals surface area contributed by atoms with Crippen molar-refractivity contribution in [3.8, 4) is 0 Å². The summed E-state index contributed by atoms with van der Waals surface area (Å²) in [5, 5.41) is 4.64. The Balaban J connectivity index is 2.02. The van der Waals surface area contributed by atoms with E-state index in [1.807, 2.05) is 12.1 Å². The van der Waals surface area contributed by atoms with Gasteiger partial charge >= 0.3 is 0 Å². The number of rotatable bonds is 4. The molecule has 110 valence electrons. The summed E-state index contributed by atoms with van der Waals surface area (Å²) in [4.78, 5) is 25.4. The number of carbonyl (C=O) groups excluding carboxylic acids is 2. The molecular weight excluding hydrogens is 352 g/mol. The van der Waals surface area contributed by atoms with E-state index >= 15 is 0 Å². The van der Waals surface area contributed by atoms with Crippen molar-refractivity contribution >= 4 is 39.1 Å². The molecule has 1 aromatic heterocycles. The zero-order valence-electron chi connectivity index (χ0n) is 11.7. The first-order valence-corrected chi connectivity index (χ1v) is 7.97. The highest BCUT2D eigenvalue weighted by molar-refractivity contribution is 9.11. The first-order valence-electron chi connectivity index (χ1n) is 6.30. The van der Waals surface area contributed by atoms with E-state index in [1.54, 1.807) is 37.7 Å². The standard InChI is InChI=1S/C15H15BrN2O2S/c1-18(2)15(20)11-5-3-4-10(6-11)8-17-14(19)12-7-13(16)21-9-12/h3-7,9H,8H2,1-2H3,(H,17,19). The minimum Gasteiger partial charge on any atom is -0.348 e. The third-order valence-corrected chi connectivity index (χ3v) is 4.37. The quantitative estimate of drug-likeness (QED) is 0.903. The van der Waals surface area contributed by atoms with Crippen LogP contribution in [-0.2, 0) is 6.54 Å². The summed E-state index contributed by atoms with van der Waals surface area (Å²) < 4.78 is 0.922. The van der Waals surface area contributed by atoms with E-state index in [0.29, 0.717) is 17.7 Å². The topological polar surface area (TPSA) is 49.4 Å². The van der Waals surface area contributed by atoms with E-state index in [0.717, 1.165) is 9.35 Å². The van der Waals surface area contributed by atoms with Crippen LogP contribution < -0.4 is 5.32 Å². The van der Waals surface area contributed by atoms with E-state index in [2.05, 4.69) is 21.2 Å². The van der Waals surface area contributed by atoms with Gasteiger partial charge < -0.3 is 10.2 Å². The second-order valence-corrected chi connectivity index (χ2v) is 7.01. The number of hydrogen-bond acceptors (Lipinski definition) is 3. The Morgan fingerprint density at radius 2 is 2.00 bits per heavy atom. The number of halogens is 1. The molecule has 1 heterocycles. The van der Waals surface area contributed by atoms with Gasteiger partial charge in [0, 0.05) is 31.6 Å². The van der Waals surface area contributed by atoms with Crippen molar-refractivity contribution in [3.63, 3.8) is 0 Å². The lowest BCUT2D eigenvalue weighted by Crippen LogP contribution is -2.23. The Kier molecular flexibility index (Phi) is 5.14. The molecule has 1 N–H and O–H groups in total. The highest BCUT2D eigenvalue weighted by Crippen LogP contribution is 2.20. The Morgan fingerprint density at radius 3 is 2.62 bits per heavy atom. The number of amides is 2. The Labute approximate surface area is 135 Å². The largest absolute Gasteiger partial charge is 0.348 e. The zero-order chi connectivity index (χ0) is 15.4. The summed E-state index contributed by atoms with van der Waals surface area (Å²) >= 11 is 4.80. The van der Waals surface area contributed by atoms with E-state index in [4.69, 9.17) is 0 Å². The van der Waals surface area contributed by atoms with Gasteiger partial charge in [0.15, 0.2) is 0 Å². The lowest BCUT2D eigenvalue weighted by molar-refractivity contribution is 0.0827. The molecule has 6 heteroatoms. The van der Waals surface area contributed by atoms with Crippen molar-refractivity contribution in [1.82, 2.24) is 10.2 Å². The van der Waals surface area contributed by atoms with Crippen LogP contribution in [0.1, 0.15) is 26.3 Å². The lowest BCUT2D eigenvalue weighted by Gasteiger charge is -2.11. The molecule has 2 amide bonds. The fraction of sp³-hybridized carbons (Fsp3) is 0.200. The zero-order valence-corrected chi connectivity index (χ0v) is 14.1. The van der Waals surface area contributed by atoms with Crippen molar-refractivity contribution in [2.45, 2.75) is 6.54 Å². The maximum absolute atomic E-state index is 12.0. The molecule has 0 saturated heterocycles. The summed E-state index contributed by atoms with van der Waals surface area (Å²) in [5.41, 5.74) is 2.14. The molecule has 0 aliphatic rings. The van der Waals surface area contributed by atoms with Gasteiger partial charge in [0.2, 0.25) is 0 Å². The normalized spacial score (nSPS) is 10.2. The Bertz CT molecular complexity index is 667. The predicted octanol–water partition coefficient (Wildman–Crippen LogP) is 3.14. The summed E-state index contributed by atoms with van der Waals surface area (Å²) in [6.07, 6.45) is 0. The molecule has 0 radical (unpaired) electrons. The summed E-state index contributed by atoms with van der Waals surface area (Å²) in [7, 11) is 3.43. The van der Waals surface area contributed by atoms with E-state index in [1.165, 1.54) is 16.2 Å². The van der Waals surface area contributed by atoms with Gasteiger partial charge in [0.25, 0.3) is 11.8 Å². The van der Waals surface area contributed by atoms with Crippen LogP contribution in [-0.4, -0.2) is 30.8 Å². The molecule has 0 aliphatic carbocycles. The number of nitrogens with zero attached hydrogens (tertiary/aromatic N) is 1. The summed E-state index contributed by atoms with van der Waals surface area (Å²) in [6, 6.07) is 9.05. The van der Waals surface area contributed by atoms with E-state index < -0.39 is 0 Å². The van der Waals surface area contributed by atoms with Crippen LogP contribution in [0.3, 0.4) is 0 Å². The third-order valence-electron chi connectivity index (χ3n) is 2.86. The van der Waals surface area contributed by atoms with Crippen molar-refractivity contribution in [2.75, 3.05) is 14.1 Å². The van der Waals surface area contributed by atoms with Gasteiger partial charge in [-0.15, -0.1) is 11.3 Å². The van der Waals surface area contributed by atoms with Crippen LogP contribution >= 0.6 is 27.3 Å². The molecule has 0 bridgehead atoms. The SMILES string of the molecule is CN(C)C(=O)c1cccc(CNC(=O)c2csc(Br)c2)c1. The van der Waals surface area contributed by atoms with Gasteiger partial charge in [0.05, 0.1) is 9.35 Å². The van der Waals surface area contributed by atoms with Crippen LogP contribution in [0.5, 0.6) is 0 Å². The molecule has 21 heavy (non-hydrogen) atoms. The minimum atomic E-state index is -0.124. The lowest BCUT2D eigenvalue weighted by atomic mass is 10.1. The van der Waals surface area contributed by atoms with Crippen molar-refractivity contribution in [2.24, 2.45) is 0 Å². The second kappa shape index (κ2) is 6.87. The van der Waals surface area contributed by atoms with Gasteiger partial charge in [-0.05, 0) is 39.7 Å². The molecule has 4 nitrogen and oxygen atoms in total. The first-order chi connectivity index (χ1) is 9.97. The molecule has 0 spiro atoms. The van der Waals surface area contributed by atoms with Crippen LogP contribution in [0.4, 0.5) is 0 Å². The van der Waals surface area contributed by atoms with Gasteiger partial charge in [-0.2, -0.15) is 0 Å². The molecular formula is C15H15BrN2O2S. The average molecular weight is 367 g/mol. The third kappa shape index (κ3) is 4.15. The maximum atomic E-state index is 12.0. The van der Waals surface area contributed by atoms with Gasteiger partial charge in [-0.1, -0.05) is 12.1 Å². The summed E-state index contributed by atoms with van der Waals surface area (Å²) in [6.45, 7) is 0.390. The molecule has 0 fully saturated rings. The molecule has 0 unspecified atom stereocenters.